The van der Waals surface area contributed by atoms with Crippen LogP contribution in [-0.4, -0.2) is 63.1 Å². The summed E-state index contributed by atoms with van der Waals surface area (Å²) in [6, 6.07) is 4.01. The van der Waals surface area contributed by atoms with Crippen molar-refractivity contribution in [3.8, 4) is 0 Å². The van der Waals surface area contributed by atoms with Crippen LogP contribution < -0.4 is 5.73 Å². The Morgan fingerprint density at radius 2 is 2.04 bits per heavy atom. The minimum absolute atomic E-state index is 0.0408. The molecule has 1 aliphatic rings. The Labute approximate surface area is 151 Å². The van der Waals surface area contributed by atoms with Gasteiger partial charge in [0.2, 0.25) is 5.91 Å². The van der Waals surface area contributed by atoms with Crippen LogP contribution in [0.4, 0.5) is 0 Å². The highest BCUT2D eigenvalue weighted by atomic mass is 16.3. The summed E-state index contributed by atoms with van der Waals surface area (Å²) in [4.78, 5) is 20.5. The van der Waals surface area contributed by atoms with Crippen molar-refractivity contribution in [2.75, 3.05) is 26.2 Å². The first kappa shape index (κ1) is 19.8. The number of carbonyl (C=O) groups is 1. The van der Waals surface area contributed by atoms with E-state index in [2.05, 4.69) is 16.8 Å². The largest absolute Gasteiger partial charge is 0.388 e. The molecule has 0 unspecified atom stereocenters. The first-order chi connectivity index (χ1) is 11.7. The van der Waals surface area contributed by atoms with Gasteiger partial charge in [-0.25, -0.2) is 0 Å². The molecule has 0 spiro atoms. The second-order valence-corrected chi connectivity index (χ2v) is 7.75. The summed E-state index contributed by atoms with van der Waals surface area (Å²) < 4.78 is 0. The summed E-state index contributed by atoms with van der Waals surface area (Å²) in [5.41, 5.74) is 5.51. The monoisotopic (exact) mass is 348 g/mol. The number of aliphatic hydroxyl groups is 1. The van der Waals surface area contributed by atoms with E-state index in [1.54, 1.807) is 31.1 Å². The van der Waals surface area contributed by atoms with Gasteiger partial charge in [-0.05, 0) is 57.4 Å². The zero-order valence-electron chi connectivity index (χ0n) is 15.7. The first-order valence-electron chi connectivity index (χ1n) is 9.15. The van der Waals surface area contributed by atoms with E-state index in [0.717, 1.165) is 19.5 Å². The average molecular weight is 348 g/mol. The SMILES string of the molecule is CCN(Cc1ccncc1)C[C@@]1(O)CCCN(C(=O)C(C)(C)N)CC1. The van der Waals surface area contributed by atoms with Gasteiger partial charge in [-0.15, -0.1) is 0 Å². The summed E-state index contributed by atoms with van der Waals surface area (Å²) in [7, 11) is 0. The molecule has 0 radical (unpaired) electrons. The number of aromatic nitrogens is 1. The number of nitrogens with zero attached hydrogens (tertiary/aromatic N) is 3. The van der Waals surface area contributed by atoms with Crippen LogP contribution in [0.3, 0.4) is 0 Å². The molecule has 3 N–H and O–H groups in total. The molecule has 6 heteroatoms. The number of carbonyl (C=O) groups excluding carboxylic acids is 1. The Kier molecular flexibility index (Phi) is 6.54. The lowest BCUT2D eigenvalue weighted by Gasteiger charge is -2.33. The van der Waals surface area contributed by atoms with Crippen LogP contribution in [0.15, 0.2) is 24.5 Å². The summed E-state index contributed by atoms with van der Waals surface area (Å²) in [5.74, 6) is -0.0408. The molecule has 140 valence electrons. The molecule has 0 aromatic carbocycles. The molecule has 2 heterocycles. The minimum Gasteiger partial charge on any atom is -0.388 e. The lowest BCUT2D eigenvalue weighted by atomic mass is 9.94. The maximum Gasteiger partial charge on any atom is 0.242 e. The predicted octanol–water partition coefficient (Wildman–Crippen LogP) is 1.38. The molecular weight excluding hydrogens is 316 g/mol. The van der Waals surface area contributed by atoms with Gasteiger partial charge in [0.25, 0.3) is 0 Å². The van der Waals surface area contributed by atoms with Crippen molar-refractivity contribution in [2.24, 2.45) is 5.73 Å². The second-order valence-electron chi connectivity index (χ2n) is 7.75. The summed E-state index contributed by atoms with van der Waals surface area (Å²) in [5, 5.41) is 11.1. The van der Waals surface area contributed by atoms with Crippen molar-refractivity contribution in [1.29, 1.82) is 0 Å². The van der Waals surface area contributed by atoms with E-state index < -0.39 is 11.1 Å². The van der Waals surface area contributed by atoms with Crippen molar-refractivity contribution in [3.05, 3.63) is 30.1 Å². The van der Waals surface area contributed by atoms with Gasteiger partial charge < -0.3 is 15.7 Å². The summed E-state index contributed by atoms with van der Waals surface area (Å²) in [6.07, 6.45) is 5.67. The molecule has 1 aliphatic heterocycles. The third kappa shape index (κ3) is 5.76. The topological polar surface area (TPSA) is 82.7 Å². The van der Waals surface area contributed by atoms with E-state index in [9.17, 15) is 9.90 Å². The molecule has 1 aromatic rings. The van der Waals surface area contributed by atoms with Crippen LogP contribution in [0.1, 0.15) is 45.6 Å². The van der Waals surface area contributed by atoms with E-state index in [1.807, 2.05) is 12.1 Å². The van der Waals surface area contributed by atoms with Crippen LogP contribution in [0.2, 0.25) is 0 Å². The molecule has 0 aliphatic carbocycles. The van der Waals surface area contributed by atoms with E-state index in [-0.39, 0.29) is 5.91 Å². The fourth-order valence-electron chi connectivity index (χ4n) is 3.39. The van der Waals surface area contributed by atoms with Crippen molar-refractivity contribution in [1.82, 2.24) is 14.8 Å². The quantitative estimate of drug-likeness (QED) is 0.812. The number of likely N-dealkylation sites (N-methyl/N-ethyl adjacent to an activating group) is 1. The highest BCUT2D eigenvalue weighted by molar-refractivity contribution is 5.85. The second kappa shape index (κ2) is 8.25. The first-order valence-corrected chi connectivity index (χ1v) is 9.15. The number of nitrogens with two attached hydrogens (primary N) is 1. The Hall–Kier alpha value is -1.50. The van der Waals surface area contributed by atoms with Crippen molar-refractivity contribution < 1.29 is 9.90 Å². The van der Waals surface area contributed by atoms with Crippen LogP contribution in [0.5, 0.6) is 0 Å². The molecule has 1 atom stereocenters. The Bertz CT molecular complexity index is 558. The highest BCUT2D eigenvalue weighted by Crippen LogP contribution is 2.25. The molecule has 1 aromatic heterocycles. The molecule has 1 saturated heterocycles. The van der Waals surface area contributed by atoms with Crippen molar-refractivity contribution >= 4 is 5.91 Å². The molecular formula is C19H32N4O2. The van der Waals surface area contributed by atoms with Crippen LogP contribution in [0, 0.1) is 0 Å². The smallest absolute Gasteiger partial charge is 0.242 e. The maximum absolute atomic E-state index is 12.4. The fourth-order valence-corrected chi connectivity index (χ4v) is 3.39. The van der Waals surface area contributed by atoms with Crippen molar-refractivity contribution in [2.45, 2.75) is 57.7 Å². The number of amides is 1. The normalized spacial score (nSPS) is 22.1. The van der Waals surface area contributed by atoms with Crippen LogP contribution in [-0.2, 0) is 11.3 Å². The molecule has 0 saturated carbocycles. The van der Waals surface area contributed by atoms with Crippen LogP contribution >= 0.6 is 0 Å². The molecule has 25 heavy (non-hydrogen) atoms. The highest BCUT2D eigenvalue weighted by Gasteiger charge is 2.35. The lowest BCUT2D eigenvalue weighted by Crippen LogP contribution is -2.51. The number of rotatable bonds is 6. The van der Waals surface area contributed by atoms with E-state index in [4.69, 9.17) is 5.73 Å². The number of pyridine rings is 1. The Morgan fingerprint density at radius 1 is 1.36 bits per heavy atom. The predicted molar refractivity (Wildman–Crippen MR) is 98.8 cm³/mol. The standard InChI is InChI=1S/C19H32N4O2/c1-4-22(14-16-6-10-21-11-7-16)15-19(25)8-5-12-23(13-9-19)17(24)18(2,3)20/h6-7,10-11,25H,4-5,8-9,12-15,20H2,1-3H3/t19-/m1/s1. The molecule has 1 amide bonds. The van der Waals surface area contributed by atoms with E-state index in [0.29, 0.717) is 32.5 Å². The lowest BCUT2D eigenvalue weighted by molar-refractivity contribution is -0.135. The zero-order chi connectivity index (χ0) is 18.5. The molecule has 0 bridgehead atoms. The average Bonchev–Trinajstić information content (AvgIpc) is 2.75. The van der Waals surface area contributed by atoms with Gasteiger partial charge in [0.15, 0.2) is 0 Å². The maximum atomic E-state index is 12.4. The Morgan fingerprint density at radius 3 is 2.64 bits per heavy atom. The Balaban J connectivity index is 1.97. The van der Waals surface area contributed by atoms with Gasteiger partial charge in [-0.1, -0.05) is 6.92 Å². The summed E-state index contributed by atoms with van der Waals surface area (Å²) in [6.45, 7) is 9.07. The van der Waals surface area contributed by atoms with E-state index in [1.165, 1.54) is 5.56 Å². The van der Waals surface area contributed by atoms with Gasteiger partial charge in [0.05, 0.1) is 11.1 Å². The van der Waals surface area contributed by atoms with Crippen molar-refractivity contribution in [3.63, 3.8) is 0 Å². The third-order valence-corrected chi connectivity index (χ3v) is 4.88. The van der Waals surface area contributed by atoms with Gasteiger partial charge in [0, 0.05) is 38.6 Å². The third-order valence-electron chi connectivity index (χ3n) is 4.88. The number of hydrogen-bond acceptors (Lipinski definition) is 5. The van der Waals surface area contributed by atoms with Gasteiger partial charge in [-0.2, -0.15) is 0 Å². The summed E-state index contributed by atoms with van der Waals surface area (Å²) >= 11 is 0. The molecule has 2 rings (SSSR count). The molecule has 6 nitrogen and oxygen atoms in total. The molecule has 1 fully saturated rings. The number of likely N-dealkylation sites (tertiary alicyclic amines) is 1. The minimum atomic E-state index is -0.862. The van der Waals surface area contributed by atoms with Gasteiger partial charge in [-0.3, -0.25) is 14.7 Å². The van der Waals surface area contributed by atoms with Gasteiger partial charge in [0.1, 0.15) is 0 Å². The zero-order valence-corrected chi connectivity index (χ0v) is 15.7. The van der Waals surface area contributed by atoms with Gasteiger partial charge >= 0.3 is 0 Å². The fraction of sp³-hybridized carbons (Fsp3) is 0.684. The van der Waals surface area contributed by atoms with Crippen LogP contribution in [0.25, 0.3) is 0 Å². The van der Waals surface area contributed by atoms with E-state index >= 15 is 0 Å². The number of hydrogen-bond donors (Lipinski definition) is 2.